The maximum atomic E-state index is 5.51. The molecule has 2 N–H and O–H groups in total. The highest BCUT2D eigenvalue weighted by Crippen LogP contribution is 2.11. The molecule has 1 aromatic rings. The van der Waals surface area contributed by atoms with Gasteiger partial charge < -0.3 is 5.73 Å². The minimum absolute atomic E-state index is 0.518. The molecule has 0 spiro atoms. The first-order valence-corrected chi connectivity index (χ1v) is 6.11. The first-order valence-electron chi connectivity index (χ1n) is 6.11. The van der Waals surface area contributed by atoms with Crippen molar-refractivity contribution in [2.75, 3.05) is 13.1 Å². The summed E-state index contributed by atoms with van der Waals surface area (Å²) in [5.74, 6) is 0.916. The lowest BCUT2D eigenvalue weighted by Gasteiger charge is -2.18. The highest BCUT2D eigenvalue weighted by atomic mass is 15.1. The smallest absolute Gasteiger partial charge is 0.142 e. The lowest BCUT2D eigenvalue weighted by Crippen LogP contribution is -2.25. The van der Waals surface area contributed by atoms with Gasteiger partial charge in [0.1, 0.15) is 5.82 Å². The molecular weight excluding hydrogens is 200 g/mol. The average Bonchev–Trinajstić information content (AvgIpc) is 2.59. The van der Waals surface area contributed by atoms with Crippen molar-refractivity contribution in [3.05, 3.63) is 23.8 Å². The Kier molecular flexibility index (Phi) is 4.25. The molecule has 1 saturated heterocycles. The fraction of sp³-hybridized carbons (Fsp3) is 0.667. The molecule has 4 heteroatoms. The van der Waals surface area contributed by atoms with Gasteiger partial charge in [0, 0.05) is 24.5 Å². The van der Waals surface area contributed by atoms with Gasteiger partial charge in [-0.3, -0.25) is 4.90 Å². The second-order valence-electron chi connectivity index (χ2n) is 4.40. The van der Waals surface area contributed by atoms with Crippen LogP contribution in [0.2, 0.25) is 0 Å². The third-order valence-electron chi connectivity index (χ3n) is 3.06. The largest absolute Gasteiger partial charge is 0.326 e. The van der Waals surface area contributed by atoms with Crippen LogP contribution in [0.15, 0.2) is 12.4 Å². The molecule has 0 bridgehead atoms. The van der Waals surface area contributed by atoms with E-state index in [-0.39, 0.29) is 0 Å². The van der Waals surface area contributed by atoms with E-state index < -0.39 is 0 Å². The minimum atomic E-state index is 0.518. The molecule has 16 heavy (non-hydrogen) atoms. The van der Waals surface area contributed by atoms with Gasteiger partial charge in [0.15, 0.2) is 0 Å². The number of hydrogen-bond donors (Lipinski definition) is 1. The molecule has 0 aromatic carbocycles. The van der Waals surface area contributed by atoms with Crippen LogP contribution in [0.5, 0.6) is 0 Å². The molecule has 0 saturated carbocycles. The van der Waals surface area contributed by atoms with Crippen LogP contribution < -0.4 is 5.73 Å². The van der Waals surface area contributed by atoms with Crippen LogP contribution in [0.4, 0.5) is 0 Å². The highest BCUT2D eigenvalue weighted by Gasteiger charge is 2.10. The van der Waals surface area contributed by atoms with E-state index in [1.54, 1.807) is 0 Å². The first-order chi connectivity index (χ1) is 7.88. The van der Waals surface area contributed by atoms with E-state index >= 15 is 0 Å². The van der Waals surface area contributed by atoms with Crippen molar-refractivity contribution >= 4 is 0 Å². The van der Waals surface area contributed by atoms with Crippen molar-refractivity contribution in [2.45, 2.75) is 38.8 Å². The van der Waals surface area contributed by atoms with Gasteiger partial charge in [-0.15, -0.1) is 0 Å². The SMILES string of the molecule is NCc1cnc(CN2CCCCCC2)nc1. The zero-order valence-electron chi connectivity index (χ0n) is 9.73. The number of aromatic nitrogens is 2. The molecule has 0 aliphatic carbocycles. The van der Waals surface area contributed by atoms with Gasteiger partial charge in [0.25, 0.3) is 0 Å². The Hall–Kier alpha value is -1.00. The molecule has 2 heterocycles. The maximum absolute atomic E-state index is 5.51. The Morgan fingerprint density at radius 1 is 1.06 bits per heavy atom. The van der Waals surface area contributed by atoms with Crippen LogP contribution in [-0.2, 0) is 13.1 Å². The van der Waals surface area contributed by atoms with Crippen molar-refractivity contribution in [2.24, 2.45) is 5.73 Å². The zero-order chi connectivity index (χ0) is 11.2. The molecular formula is C12H20N4. The predicted molar refractivity (Wildman–Crippen MR) is 63.7 cm³/mol. The van der Waals surface area contributed by atoms with Crippen LogP contribution >= 0.6 is 0 Å². The van der Waals surface area contributed by atoms with Crippen LogP contribution in [-0.4, -0.2) is 28.0 Å². The maximum Gasteiger partial charge on any atom is 0.142 e. The molecule has 1 aliphatic rings. The van der Waals surface area contributed by atoms with Crippen molar-refractivity contribution in [1.82, 2.24) is 14.9 Å². The third-order valence-corrected chi connectivity index (χ3v) is 3.06. The zero-order valence-corrected chi connectivity index (χ0v) is 9.73. The van der Waals surface area contributed by atoms with Crippen LogP contribution in [0, 0.1) is 0 Å². The van der Waals surface area contributed by atoms with Gasteiger partial charge in [0.2, 0.25) is 0 Å². The average molecular weight is 220 g/mol. The van der Waals surface area contributed by atoms with Crippen LogP contribution in [0.1, 0.15) is 37.1 Å². The van der Waals surface area contributed by atoms with E-state index in [4.69, 9.17) is 5.73 Å². The first kappa shape index (κ1) is 11.5. The topological polar surface area (TPSA) is 55.0 Å². The van der Waals surface area contributed by atoms with Crippen molar-refractivity contribution in [1.29, 1.82) is 0 Å². The minimum Gasteiger partial charge on any atom is -0.326 e. The molecule has 2 rings (SSSR count). The lowest BCUT2D eigenvalue weighted by molar-refractivity contribution is 0.270. The van der Waals surface area contributed by atoms with Gasteiger partial charge in [-0.2, -0.15) is 0 Å². The van der Waals surface area contributed by atoms with Gasteiger partial charge in [0.05, 0.1) is 6.54 Å². The third kappa shape index (κ3) is 3.25. The van der Waals surface area contributed by atoms with Gasteiger partial charge in [-0.25, -0.2) is 9.97 Å². The Morgan fingerprint density at radius 3 is 2.25 bits per heavy atom. The summed E-state index contributed by atoms with van der Waals surface area (Å²) < 4.78 is 0. The van der Waals surface area contributed by atoms with Gasteiger partial charge >= 0.3 is 0 Å². The number of rotatable bonds is 3. The van der Waals surface area contributed by atoms with E-state index in [0.29, 0.717) is 6.54 Å². The fourth-order valence-corrected chi connectivity index (χ4v) is 2.06. The summed E-state index contributed by atoms with van der Waals surface area (Å²) in [6.45, 7) is 3.76. The molecule has 88 valence electrons. The standard InChI is InChI=1S/C12H20N4/c13-7-11-8-14-12(15-9-11)10-16-5-3-1-2-4-6-16/h8-9H,1-7,10,13H2. The molecule has 1 aliphatic heterocycles. The molecule has 1 aromatic heterocycles. The summed E-state index contributed by atoms with van der Waals surface area (Å²) in [6.07, 6.45) is 9.01. The van der Waals surface area contributed by atoms with E-state index in [9.17, 15) is 0 Å². The highest BCUT2D eigenvalue weighted by molar-refractivity contribution is 5.04. The van der Waals surface area contributed by atoms with Crippen molar-refractivity contribution < 1.29 is 0 Å². The quantitative estimate of drug-likeness (QED) is 0.834. The summed E-state index contributed by atoms with van der Waals surface area (Å²) >= 11 is 0. The molecule has 1 fully saturated rings. The molecule has 0 unspecified atom stereocenters. The molecule has 0 amide bonds. The summed E-state index contributed by atoms with van der Waals surface area (Å²) in [7, 11) is 0. The van der Waals surface area contributed by atoms with Crippen molar-refractivity contribution in [3.63, 3.8) is 0 Å². The number of nitrogens with two attached hydrogens (primary N) is 1. The number of hydrogen-bond acceptors (Lipinski definition) is 4. The van der Waals surface area contributed by atoms with Gasteiger partial charge in [-0.05, 0) is 25.9 Å². The lowest BCUT2D eigenvalue weighted by atomic mass is 10.2. The normalized spacial score (nSPS) is 18.3. The second kappa shape index (κ2) is 5.92. The fourth-order valence-electron chi connectivity index (χ4n) is 2.06. The summed E-state index contributed by atoms with van der Waals surface area (Å²) in [5.41, 5.74) is 6.51. The van der Waals surface area contributed by atoms with Crippen LogP contribution in [0.3, 0.4) is 0 Å². The van der Waals surface area contributed by atoms with Crippen LogP contribution in [0.25, 0.3) is 0 Å². The van der Waals surface area contributed by atoms with Crippen molar-refractivity contribution in [3.8, 4) is 0 Å². The second-order valence-corrected chi connectivity index (χ2v) is 4.40. The number of nitrogens with zero attached hydrogens (tertiary/aromatic N) is 3. The van der Waals surface area contributed by atoms with E-state index in [1.807, 2.05) is 12.4 Å². The number of likely N-dealkylation sites (tertiary alicyclic amines) is 1. The Balaban J connectivity index is 1.91. The van der Waals surface area contributed by atoms with E-state index in [0.717, 1.165) is 17.9 Å². The molecule has 0 atom stereocenters. The summed E-state index contributed by atoms with van der Waals surface area (Å²) in [5, 5.41) is 0. The molecule has 4 nitrogen and oxygen atoms in total. The Morgan fingerprint density at radius 2 is 1.69 bits per heavy atom. The Bertz CT molecular complexity index is 301. The summed E-state index contributed by atoms with van der Waals surface area (Å²) in [4.78, 5) is 11.1. The monoisotopic (exact) mass is 220 g/mol. The van der Waals surface area contributed by atoms with Gasteiger partial charge in [-0.1, -0.05) is 12.8 Å². The van der Waals surface area contributed by atoms with E-state index in [2.05, 4.69) is 14.9 Å². The van der Waals surface area contributed by atoms with E-state index in [1.165, 1.54) is 38.8 Å². The molecule has 0 radical (unpaired) electrons. The Labute approximate surface area is 96.9 Å². The summed E-state index contributed by atoms with van der Waals surface area (Å²) in [6, 6.07) is 0. The predicted octanol–water partition coefficient (Wildman–Crippen LogP) is 1.31.